The van der Waals surface area contributed by atoms with Crippen molar-refractivity contribution < 1.29 is 4.79 Å². The van der Waals surface area contributed by atoms with E-state index in [0.717, 1.165) is 24.2 Å². The van der Waals surface area contributed by atoms with Gasteiger partial charge in [-0.3, -0.25) is 4.79 Å². The minimum Gasteiger partial charge on any atom is -0.343 e. The highest BCUT2D eigenvalue weighted by atomic mass is 32.2. The first-order valence-electron chi connectivity index (χ1n) is 4.99. The lowest BCUT2D eigenvalue weighted by atomic mass is 10.2. The van der Waals surface area contributed by atoms with E-state index < -0.39 is 0 Å². The molecule has 3 heteroatoms. The zero-order valence-electron chi connectivity index (χ0n) is 8.77. The van der Waals surface area contributed by atoms with E-state index in [1.807, 2.05) is 34.7 Å². The predicted molar refractivity (Wildman–Crippen MR) is 62.1 cm³/mol. The Morgan fingerprint density at radius 2 is 2.43 bits per heavy atom. The lowest BCUT2D eigenvalue weighted by Crippen LogP contribution is -2.08. The monoisotopic (exact) mass is 211 g/mol. The molecule has 0 aliphatic rings. The molecule has 0 fully saturated rings. The second-order valence-corrected chi connectivity index (χ2v) is 4.69. The van der Waals surface area contributed by atoms with Gasteiger partial charge in [-0.05, 0) is 37.0 Å². The first-order chi connectivity index (χ1) is 6.79. The highest BCUT2D eigenvalue weighted by Crippen LogP contribution is 2.16. The van der Waals surface area contributed by atoms with Crippen LogP contribution < -0.4 is 0 Å². The Bertz CT molecular complexity index is 283. The van der Waals surface area contributed by atoms with Crippen LogP contribution in [0.1, 0.15) is 36.8 Å². The number of aromatic nitrogens is 1. The smallest absolute Gasteiger partial charge is 0.166 e. The normalized spacial score (nSPS) is 12.7. The van der Waals surface area contributed by atoms with Gasteiger partial charge in [0, 0.05) is 12.2 Å². The summed E-state index contributed by atoms with van der Waals surface area (Å²) in [7, 11) is 0. The molecule has 14 heavy (non-hydrogen) atoms. The van der Waals surface area contributed by atoms with E-state index in [4.69, 9.17) is 0 Å². The molecule has 0 aliphatic carbocycles. The zero-order chi connectivity index (χ0) is 10.4. The first-order valence-corrected chi connectivity index (χ1v) is 6.14. The van der Waals surface area contributed by atoms with Crippen LogP contribution in [-0.4, -0.2) is 22.4 Å². The molecule has 0 bridgehead atoms. The SMILES string of the molecule is CCSCCC(C)n1cccc1C=O. The molecule has 2 nitrogen and oxygen atoms in total. The molecule has 0 amide bonds. The maximum atomic E-state index is 10.7. The van der Waals surface area contributed by atoms with Crippen LogP contribution in [0, 0.1) is 0 Å². The average molecular weight is 211 g/mol. The van der Waals surface area contributed by atoms with E-state index in [2.05, 4.69) is 13.8 Å². The van der Waals surface area contributed by atoms with E-state index in [-0.39, 0.29) is 0 Å². The van der Waals surface area contributed by atoms with Crippen LogP contribution in [0.3, 0.4) is 0 Å². The third-order valence-electron chi connectivity index (χ3n) is 2.29. The number of thioether (sulfide) groups is 1. The van der Waals surface area contributed by atoms with Gasteiger partial charge in [-0.2, -0.15) is 11.8 Å². The maximum Gasteiger partial charge on any atom is 0.166 e. The van der Waals surface area contributed by atoms with Crippen LogP contribution in [0.25, 0.3) is 0 Å². The van der Waals surface area contributed by atoms with Crippen molar-refractivity contribution in [2.45, 2.75) is 26.3 Å². The number of carbonyl (C=O) groups is 1. The third-order valence-corrected chi connectivity index (χ3v) is 3.22. The summed E-state index contributed by atoms with van der Waals surface area (Å²) in [5.41, 5.74) is 0.777. The fourth-order valence-electron chi connectivity index (χ4n) is 1.45. The molecule has 0 saturated carbocycles. The van der Waals surface area contributed by atoms with Crippen molar-refractivity contribution in [3.63, 3.8) is 0 Å². The van der Waals surface area contributed by atoms with Gasteiger partial charge in [0.25, 0.3) is 0 Å². The van der Waals surface area contributed by atoms with E-state index in [1.54, 1.807) is 0 Å². The van der Waals surface area contributed by atoms with Gasteiger partial charge >= 0.3 is 0 Å². The van der Waals surface area contributed by atoms with Crippen molar-refractivity contribution in [1.82, 2.24) is 4.57 Å². The number of aldehydes is 1. The summed E-state index contributed by atoms with van der Waals surface area (Å²) in [5.74, 6) is 2.33. The third kappa shape index (κ3) is 2.91. The molecule has 1 aromatic rings. The number of carbonyl (C=O) groups excluding carboxylic acids is 1. The van der Waals surface area contributed by atoms with Crippen molar-refractivity contribution in [3.8, 4) is 0 Å². The summed E-state index contributed by atoms with van der Waals surface area (Å²) in [6, 6.07) is 4.20. The lowest BCUT2D eigenvalue weighted by molar-refractivity contribution is 0.111. The van der Waals surface area contributed by atoms with Crippen LogP contribution in [0.15, 0.2) is 18.3 Å². The lowest BCUT2D eigenvalue weighted by Gasteiger charge is -2.14. The van der Waals surface area contributed by atoms with Crippen molar-refractivity contribution in [2.24, 2.45) is 0 Å². The van der Waals surface area contributed by atoms with Gasteiger partial charge in [0.2, 0.25) is 0 Å². The zero-order valence-corrected chi connectivity index (χ0v) is 9.59. The Labute approximate surface area is 89.7 Å². The molecule has 1 unspecified atom stereocenters. The minimum absolute atomic E-state index is 0.421. The van der Waals surface area contributed by atoms with Crippen LogP contribution in [0.2, 0.25) is 0 Å². The van der Waals surface area contributed by atoms with E-state index in [1.165, 1.54) is 5.75 Å². The molecule has 0 aromatic carbocycles. The molecular weight excluding hydrogens is 194 g/mol. The molecule has 1 atom stereocenters. The summed E-state index contributed by atoms with van der Waals surface area (Å²) in [5, 5.41) is 0. The maximum absolute atomic E-state index is 10.7. The Balaban J connectivity index is 2.51. The summed E-state index contributed by atoms with van der Waals surface area (Å²) in [6.45, 7) is 4.32. The molecule has 0 radical (unpaired) electrons. The van der Waals surface area contributed by atoms with Crippen molar-refractivity contribution in [3.05, 3.63) is 24.0 Å². The fourth-order valence-corrected chi connectivity index (χ4v) is 2.24. The van der Waals surface area contributed by atoms with Gasteiger partial charge in [0.15, 0.2) is 6.29 Å². The molecule has 0 N–H and O–H groups in total. The van der Waals surface area contributed by atoms with E-state index >= 15 is 0 Å². The fraction of sp³-hybridized carbons (Fsp3) is 0.545. The summed E-state index contributed by atoms with van der Waals surface area (Å²) < 4.78 is 2.04. The largest absolute Gasteiger partial charge is 0.343 e. The van der Waals surface area contributed by atoms with Gasteiger partial charge in [-0.15, -0.1) is 0 Å². The second kappa shape index (κ2) is 5.91. The number of rotatable bonds is 6. The predicted octanol–water partition coefficient (Wildman–Crippen LogP) is 3.00. The quantitative estimate of drug-likeness (QED) is 0.533. The number of hydrogen-bond acceptors (Lipinski definition) is 2. The molecule has 1 rings (SSSR count). The average Bonchev–Trinajstić information content (AvgIpc) is 2.65. The van der Waals surface area contributed by atoms with E-state index in [0.29, 0.717) is 6.04 Å². The van der Waals surface area contributed by atoms with Gasteiger partial charge in [-0.25, -0.2) is 0 Å². The molecule has 1 aromatic heterocycles. The molecule has 0 spiro atoms. The Kier molecular flexibility index (Phi) is 4.80. The molecule has 78 valence electrons. The van der Waals surface area contributed by atoms with E-state index in [9.17, 15) is 4.79 Å². The molecule has 0 aliphatic heterocycles. The first kappa shape index (κ1) is 11.4. The minimum atomic E-state index is 0.421. The van der Waals surface area contributed by atoms with Crippen LogP contribution in [0.4, 0.5) is 0 Å². The highest BCUT2D eigenvalue weighted by molar-refractivity contribution is 7.99. The topological polar surface area (TPSA) is 22.0 Å². The Morgan fingerprint density at radius 3 is 3.07 bits per heavy atom. The van der Waals surface area contributed by atoms with Crippen LogP contribution in [-0.2, 0) is 0 Å². The van der Waals surface area contributed by atoms with Crippen molar-refractivity contribution in [2.75, 3.05) is 11.5 Å². The second-order valence-electron chi connectivity index (χ2n) is 3.29. The number of nitrogens with zero attached hydrogens (tertiary/aromatic N) is 1. The Morgan fingerprint density at radius 1 is 1.64 bits per heavy atom. The highest BCUT2D eigenvalue weighted by Gasteiger charge is 2.07. The number of hydrogen-bond donors (Lipinski definition) is 0. The van der Waals surface area contributed by atoms with Gasteiger partial charge in [-0.1, -0.05) is 6.92 Å². The van der Waals surface area contributed by atoms with Crippen molar-refractivity contribution in [1.29, 1.82) is 0 Å². The standard InChI is InChI=1S/C11H17NOS/c1-3-14-8-6-10(2)12-7-4-5-11(12)9-13/h4-5,7,9-10H,3,6,8H2,1-2H3. The summed E-state index contributed by atoms with van der Waals surface area (Å²) >= 11 is 1.95. The van der Waals surface area contributed by atoms with Crippen molar-refractivity contribution >= 4 is 18.0 Å². The van der Waals surface area contributed by atoms with Crippen LogP contribution >= 0.6 is 11.8 Å². The van der Waals surface area contributed by atoms with Gasteiger partial charge < -0.3 is 4.57 Å². The molecular formula is C11H17NOS. The van der Waals surface area contributed by atoms with Crippen LogP contribution in [0.5, 0.6) is 0 Å². The molecule has 1 heterocycles. The van der Waals surface area contributed by atoms with Gasteiger partial charge in [0.1, 0.15) is 0 Å². The molecule has 0 saturated heterocycles. The summed E-state index contributed by atoms with van der Waals surface area (Å²) in [4.78, 5) is 10.7. The Hall–Kier alpha value is -0.700. The van der Waals surface area contributed by atoms with Gasteiger partial charge in [0.05, 0.1) is 5.69 Å². The summed E-state index contributed by atoms with van der Waals surface area (Å²) in [6.07, 6.45) is 4.02.